The average molecular weight is 223 g/mol. The maximum atomic E-state index is 11.0. The van der Waals surface area contributed by atoms with Gasteiger partial charge in [0.1, 0.15) is 0 Å². The first-order valence-electron chi connectivity index (χ1n) is 5.74. The van der Waals surface area contributed by atoms with Crippen molar-refractivity contribution < 1.29 is 9.59 Å². The zero-order chi connectivity index (χ0) is 11.7. The van der Waals surface area contributed by atoms with Crippen LogP contribution in [0, 0.1) is 11.8 Å². The van der Waals surface area contributed by atoms with Crippen LogP contribution in [0.15, 0.2) is 4.99 Å². The fourth-order valence-corrected chi connectivity index (χ4v) is 2.62. The molecule has 16 heavy (non-hydrogen) atoms. The largest absolute Gasteiger partial charge is 0.316 e. The van der Waals surface area contributed by atoms with E-state index in [1.807, 2.05) is 0 Å². The Bertz CT molecular complexity index is 323. The number of hydrogen-bond donors (Lipinski definition) is 2. The van der Waals surface area contributed by atoms with Gasteiger partial charge in [0.15, 0.2) is 0 Å². The van der Waals surface area contributed by atoms with Gasteiger partial charge in [0.05, 0.1) is 6.04 Å². The van der Waals surface area contributed by atoms with E-state index in [-0.39, 0.29) is 6.04 Å². The summed E-state index contributed by atoms with van der Waals surface area (Å²) in [6.07, 6.45) is 3.29. The molecule has 1 aliphatic carbocycles. The minimum atomic E-state index is -0.615. The predicted octanol–water partition coefficient (Wildman–Crippen LogP) is 0.413. The molecule has 2 unspecified atom stereocenters. The number of guanidine groups is 1. The molecule has 0 radical (unpaired) electrons. The van der Waals surface area contributed by atoms with Crippen LogP contribution in [0.1, 0.15) is 33.1 Å². The van der Waals surface area contributed by atoms with Crippen LogP contribution in [-0.2, 0) is 9.59 Å². The van der Waals surface area contributed by atoms with Gasteiger partial charge in [-0.1, -0.05) is 13.8 Å². The van der Waals surface area contributed by atoms with Gasteiger partial charge in [-0.15, -0.1) is 0 Å². The van der Waals surface area contributed by atoms with E-state index in [0.29, 0.717) is 17.8 Å². The first kappa shape index (κ1) is 11.1. The zero-order valence-corrected chi connectivity index (χ0v) is 9.62. The van der Waals surface area contributed by atoms with Gasteiger partial charge in [-0.3, -0.25) is 20.2 Å². The SMILES string of the molecule is CC1CC(C)CC(N=C2NC(=O)C(=O)N2)C1. The number of nitrogens with zero attached hydrogens (tertiary/aromatic N) is 1. The minimum Gasteiger partial charge on any atom is -0.288 e. The van der Waals surface area contributed by atoms with Crippen LogP contribution >= 0.6 is 0 Å². The normalized spacial score (nSPS) is 34.6. The second-order valence-corrected chi connectivity index (χ2v) is 4.96. The molecule has 0 aromatic heterocycles. The molecule has 0 bridgehead atoms. The second kappa shape index (κ2) is 4.23. The Kier molecular flexibility index (Phi) is 2.94. The second-order valence-electron chi connectivity index (χ2n) is 4.96. The average Bonchev–Trinajstić information content (AvgIpc) is 2.43. The van der Waals surface area contributed by atoms with Crippen molar-refractivity contribution >= 4 is 17.8 Å². The quantitative estimate of drug-likeness (QED) is 0.632. The van der Waals surface area contributed by atoms with Crippen molar-refractivity contribution in [2.75, 3.05) is 0 Å². The third kappa shape index (κ3) is 2.40. The molecular formula is C11H17N3O2. The van der Waals surface area contributed by atoms with E-state index in [9.17, 15) is 9.59 Å². The van der Waals surface area contributed by atoms with Crippen LogP contribution < -0.4 is 10.6 Å². The van der Waals surface area contributed by atoms with Crippen LogP contribution in [0.4, 0.5) is 0 Å². The summed E-state index contributed by atoms with van der Waals surface area (Å²) in [5, 5.41) is 4.86. The lowest BCUT2D eigenvalue weighted by Gasteiger charge is -2.29. The highest BCUT2D eigenvalue weighted by Gasteiger charge is 2.28. The summed E-state index contributed by atoms with van der Waals surface area (Å²) >= 11 is 0. The van der Waals surface area contributed by atoms with Gasteiger partial charge in [0.25, 0.3) is 0 Å². The maximum Gasteiger partial charge on any atom is 0.316 e. The summed E-state index contributed by atoms with van der Waals surface area (Å²) in [7, 11) is 0. The van der Waals surface area contributed by atoms with Crippen molar-refractivity contribution in [3.63, 3.8) is 0 Å². The lowest BCUT2D eigenvalue weighted by atomic mass is 9.81. The van der Waals surface area contributed by atoms with Gasteiger partial charge in [0.2, 0.25) is 5.96 Å². The molecule has 2 aliphatic rings. The van der Waals surface area contributed by atoms with Crippen LogP contribution in [-0.4, -0.2) is 23.8 Å². The molecule has 1 saturated heterocycles. The lowest BCUT2D eigenvalue weighted by Crippen LogP contribution is -2.30. The smallest absolute Gasteiger partial charge is 0.288 e. The molecule has 2 atom stereocenters. The van der Waals surface area contributed by atoms with Crippen LogP contribution in [0.2, 0.25) is 0 Å². The molecule has 1 saturated carbocycles. The molecule has 2 fully saturated rings. The Morgan fingerprint density at radius 2 is 1.50 bits per heavy atom. The van der Waals surface area contributed by atoms with Gasteiger partial charge in [-0.05, 0) is 31.1 Å². The van der Waals surface area contributed by atoms with E-state index in [0.717, 1.165) is 12.8 Å². The molecule has 0 spiro atoms. The maximum absolute atomic E-state index is 11.0. The van der Waals surface area contributed by atoms with E-state index in [4.69, 9.17) is 0 Å². The van der Waals surface area contributed by atoms with Crippen LogP contribution in [0.25, 0.3) is 0 Å². The molecule has 5 nitrogen and oxygen atoms in total. The fourth-order valence-electron chi connectivity index (χ4n) is 2.62. The molecule has 1 heterocycles. The van der Waals surface area contributed by atoms with Gasteiger partial charge in [-0.2, -0.15) is 0 Å². The number of amides is 2. The molecule has 2 rings (SSSR count). The van der Waals surface area contributed by atoms with Crippen molar-refractivity contribution in [2.24, 2.45) is 16.8 Å². The molecule has 88 valence electrons. The van der Waals surface area contributed by atoms with Crippen LogP contribution in [0.3, 0.4) is 0 Å². The van der Waals surface area contributed by atoms with Crippen molar-refractivity contribution in [1.82, 2.24) is 10.6 Å². The number of rotatable bonds is 1. The van der Waals surface area contributed by atoms with E-state index >= 15 is 0 Å². The molecule has 2 amide bonds. The number of carbonyl (C=O) groups excluding carboxylic acids is 2. The minimum absolute atomic E-state index is 0.215. The topological polar surface area (TPSA) is 70.6 Å². The van der Waals surface area contributed by atoms with Gasteiger partial charge >= 0.3 is 11.8 Å². The number of aliphatic imine (C=N–C) groups is 1. The van der Waals surface area contributed by atoms with Crippen molar-refractivity contribution in [3.8, 4) is 0 Å². The first-order valence-corrected chi connectivity index (χ1v) is 5.74. The highest BCUT2D eigenvalue weighted by Crippen LogP contribution is 2.30. The summed E-state index contributed by atoms with van der Waals surface area (Å²) in [5.41, 5.74) is 0. The van der Waals surface area contributed by atoms with E-state index in [1.165, 1.54) is 6.42 Å². The Morgan fingerprint density at radius 3 is 2.00 bits per heavy atom. The summed E-state index contributed by atoms with van der Waals surface area (Å²) in [5.74, 6) is 0.407. The number of nitrogens with one attached hydrogen (secondary N) is 2. The predicted molar refractivity (Wildman–Crippen MR) is 59.7 cm³/mol. The summed E-state index contributed by atoms with van der Waals surface area (Å²) in [6.45, 7) is 4.43. The molecular weight excluding hydrogens is 206 g/mol. The Labute approximate surface area is 94.7 Å². The molecule has 0 aromatic carbocycles. The molecule has 0 aromatic rings. The Hall–Kier alpha value is -1.39. The van der Waals surface area contributed by atoms with Gasteiger partial charge in [-0.25, -0.2) is 4.99 Å². The lowest BCUT2D eigenvalue weighted by molar-refractivity contribution is -0.135. The van der Waals surface area contributed by atoms with Crippen molar-refractivity contribution in [1.29, 1.82) is 0 Å². The van der Waals surface area contributed by atoms with Gasteiger partial charge < -0.3 is 0 Å². The van der Waals surface area contributed by atoms with Crippen molar-refractivity contribution in [3.05, 3.63) is 0 Å². The molecule has 1 aliphatic heterocycles. The Balaban J connectivity index is 2.01. The summed E-state index contributed by atoms with van der Waals surface area (Å²) < 4.78 is 0. The van der Waals surface area contributed by atoms with Crippen LogP contribution in [0.5, 0.6) is 0 Å². The summed E-state index contributed by atoms with van der Waals surface area (Å²) in [6, 6.07) is 0.215. The molecule has 2 N–H and O–H groups in total. The number of hydrogen-bond acceptors (Lipinski definition) is 3. The summed E-state index contributed by atoms with van der Waals surface area (Å²) in [4.78, 5) is 26.3. The highest BCUT2D eigenvalue weighted by atomic mass is 16.2. The standard InChI is InChI=1S/C11H17N3O2/c1-6-3-7(2)5-8(4-6)12-11-13-9(15)10(16)14-11/h6-8H,3-5H2,1-2H3,(H2,12,13,14,15,16). The molecule has 5 heteroatoms. The van der Waals surface area contributed by atoms with Gasteiger partial charge in [0, 0.05) is 0 Å². The third-order valence-corrected chi connectivity index (χ3v) is 3.14. The number of carbonyl (C=O) groups is 2. The van der Waals surface area contributed by atoms with E-state index in [1.54, 1.807) is 0 Å². The van der Waals surface area contributed by atoms with E-state index in [2.05, 4.69) is 29.5 Å². The monoisotopic (exact) mass is 223 g/mol. The Morgan fingerprint density at radius 1 is 1.00 bits per heavy atom. The first-order chi connectivity index (χ1) is 7.54. The fraction of sp³-hybridized carbons (Fsp3) is 0.727. The highest BCUT2D eigenvalue weighted by molar-refractivity contribution is 6.45. The zero-order valence-electron chi connectivity index (χ0n) is 9.62. The third-order valence-electron chi connectivity index (χ3n) is 3.14. The van der Waals surface area contributed by atoms with E-state index < -0.39 is 11.8 Å². The van der Waals surface area contributed by atoms with Crippen molar-refractivity contribution in [2.45, 2.75) is 39.2 Å².